The number of hydrogen-bond acceptors (Lipinski definition) is 1. The predicted octanol–water partition coefficient (Wildman–Crippen LogP) is -1.97. The molecule has 0 radical (unpaired) electrons. The summed E-state index contributed by atoms with van der Waals surface area (Å²) in [6.07, 6.45) is 1.65. The Labute approximate surface area is 25.3 Å². The van der Waals surface area contributed by atoms with Gasteiger partial charge in [0.15, 0.2) is 6.21 Å². The molecule has 0 amide bonds. The zero-order valence-electron chi connectivity index (χ0n) is 2.65. The number of hydrazone groups is 1. The minimum atomic E-state index is 1.65. The highest BCUT2D eigenvalue weighted by atomic mass is 15.1. The highest BCUT2D eigenvalue weighted by Crippen LogP contribution is 1.04. The van der Waals surface area contributed by atoms with Crippen LogP contribution in [-0.2, 0) is 0 Å². The van der Waals surface area contributed by atoms with Crippen LogP contribution in [0.25, 0.3) is 0 Å². The van der Waals surface area contributed by atoms with Crippen LogP contribution in [0, 0.1) is 0 Å². The average molecular weight is 59.1 g/mol. The van der Waals surface area contributed by atoms with Crippen LogP contribution < -0.4 is 10.9 Å². The van der Waals surface area contributed by atoms with Gasteiger partial charge in [-0.2, -0.15) is 0 Å². The van der Waals surface area contributed by atoms with Gasteiger partial charge in [-0.3, -0.25) is 0 Å². The molecule has 0 aliphatic rings. The third-order valence-electron chi connectivity index (χ3n) is 0.167. The highest BCUT2D eigenvalue weighted by molar-refractivity contribution is 5.44. The van der Waals surface area contributed by atoms with Gasteiger partial charge in [0.1, 0.15) is 0 Å². The summed E-state index contributed by atoms with van der Waals surface area (Å²) in [7, 11) is 0. The van der Waals surface area contributed by atoms with Crippen molar-refractivity contribution < 1.29 is 5.10 Å². The van der Waals surface area contributed by atoms with E-state index in [0.29, 0.717) is 0 Å². The number of nitrogens with one attached hydrogen (secondary N) is 1. The van der Waals surface area contributed by atoms with Gasteiger partial charge in [0, 0.05) is 6.92 Å². The minimum Gasteiger partial charge on any atom is -0.213 e. The summed E-state index contributed by atoms with van der Waals surface area (Å²) in [6.45, 7) is 1.82. The van der Waals surface area contributed by atoms with E-state index in [-0.39, 0.29) is 0 Å². The molecule has 0 saturated heterocycles. The topological polar surface area (TPSA) is 40.0 Å². The maximum Gasteiger partial charge on any atom is 0.164 e. The molecule has 0 atom stereocenters. The Bertz CT molecular complexity index is 19.2. The molecule has 0 aromatic carbocycles. The van der Waals surface area contributed by atoms with E-state index in [4.69, 9.17) is 5.84 Å². The van der Waals surface area contributed by atoms with Crippen molar-refractivity contribution in [3.05, 3.63) is 0 Å². The van der Waals surface area contributed by atoms with Crippen molar-refractivity contribution in [2.45, 2.75) is 6.92 Å². The molecule has 4 heavy (non-hydrogen) atoms. The Morgan fingerprint density at radius 1 is 2.00 bits per heavy atom. The van der Waals surface area contributed by atoms with Gasteiger partial charge in [-0.15, -0.1) is 5.10 Å². The Kier molecular flexibility index (Phi) is 2.14. The molecule has 0 rings (SSSR count). The molecule has 2 nitrogen and oxygen atoms in total. The maximum atomic E-state index is 4.72. The van der Waals surface area contributed by atoms with Crippen molar-refractivity contribution >= 4 is 6.21 Å². The molecule has 0 aromatic heterocycles. The zero-order chi connectivity index (χ0) is 3.41. The van der Waals surface area contributed by atoms with E-state index in [1.807, 2.05) is 6.92 Å². The first kappa shape index (κ1) is 3.47. The molecule has 0 unspecified atom stereocenters. The lowest BCUT2D eigenvalue weighted by Gasteiger charge is -1.47. The lowest BCUT2D eigenvalue weighted by Crippen LogP contribution is -2.76. The summed E-state index contributed by atoms with van der Waals surface area (Å²) in [5.74, 6) is 4.72. The third-order valence-corrected chi connectivity index (χ3v) is 0.167. The van der Waals surface area contributed by atoms with Crippen LogP contribution in [0.5, 0.6) is 0 Å². The van der Waals surface area contributed by atoms with Crippen molar-refractivity contribution in [3.63, 3.8) is 0 Å². The first-order valence-corrected chi connectivity index (χ1v) is 1.15. The molecule has 0 fully saturated rings. The van der Waals surface area contributed by atoms with Gasteiger partial charge in [-0.25, -0.2) is 5.84 Å². The van der Waals surface area contributed by atoms with Crippen molar-refractivity contribution in [1.82, 2.24) is 0 Å². The van der Waals surface area contributed by atoms with E-state index in [0.717, 1.165) is 0 Å². The number of rotatable bonds is 0. The second-order valence-electron chi connectivity index (χ2n) is 0.455. The van der Waals surface area contributed by atoms with Gasteiger partial charge in [-0.1, -0.05) is 0 Å². The van der Waals surface area contributed by atoms with Gasteiger partial charge < -0.3 is 0 Å². The van der Waals surface area contributed by atoms with E-state index < -0.39 is 0 Å². The summed E-state index contributed by atoms with van der Waals surface area (Å²) in [6, 6.07) is 0. The van der Waals surface area contributed by atoms with Crippen molar-refractivity contribution in [2.24, 2.45) is 5.84 Å². The van der Waals surface area contributed by atoms with Gasteiger partial charge >= 0.3 is 0 Å². The van der Waals surface area contributed by atoms with E-state index in [1.54, 1.807) is 6.21 Å². The Morgan fingerprint density at radius 3 is 2.25 bits per heavy atom. The summed E-state index contributed by atoms with van der Waals surface area (Å²) >= 11 is 0. The van der Waals surface area contributed by atoms with Crippen LogP contribution in [0.2, 0.25) is 0 Å². The zero-order valence-corrected chi connectivity index (χ0v) is 2.65. The van der Waals surface area contributed by atoms with Gasteiger partial charge in [0.2, 0.25) is 0 Å². The Morgan fingerprint density at radius 2 is 2.25 bits per heavy atom. The van der Waals surface area contributed by atoms with Crippen LogP contribution in [0.4, 0.5) is 0 Å². The Hall–Kier alpha value is -0.530. The number of hydrazine groups is 1. The van der Waals surface area contributed by atoms with Gasteiger partial charge in [0.05, 0.1) is 0 Å². The van der Waals surface area contributed by atoms with Crippen LogP contribution in [-0.4, -0.2) is 6.21 Å². The van der Waals surface area contributed by atoms with Crippen LogP contribution in [0.3, 0.4) is 0 Å². The normalized spacial score (nSPS) is 9.25. The highest BCUT2D eigenvalue weighted by Gasteiger charge is 1.41. The number of nitrogens with two attached hydrogens (primary N) is 1. The Balaban J connectivity index is 2.55. The monoisotopic (exact) mass is 59.1 g/mol. The van der Waals surface area contributed by atoms with E-state index >= 15 is 0 Å². The van der Waals surface area contributed by atoms with Gasteiger partial charge in [0.25, 0.3) is 0 Å². The van der Waals surface area contributed by atoms with Crippen molar-refractivity contribution in [2.75, 3.05) is 0 Å². The molecule has 3 N–H and O–H groups in total. The van der Waals surface area contributed by atoms with Crippen LogP contribution >= 0.6 is 0 Å². The third kappa shape index (κ3) is 1.47. The van der Waals surface area contributed by atoms with Crippen molar-refractivity contribution in [1.29, 1.82) is 0 Å². The number of hydrogen-bond donors (Lipinski definition) is 2. The maximum absolute atomic E-state index is 4.72. The first-order chi connectivity index (χ1) is 1.91. The second-order valence-corrected chi connectivity index (χ2v) is 0.455. The standard InChI is InChI=1S/C2H6N2/c1-2-4-3/h2H,3H2,1H3/p+1. The van der Waals surface area contributed by atoms with E-state index in [9.17, 15) is 0 Å². The van der Waals surface area contributed by atoms with Crippen molar-refractivity contribution in [3.8, 4) is 0 Å². The smallest absolute Gasteiger partial charge is 0.164 e. The fourth-order valence-corrected chi connectivity index (χ4v) is 0. The average Bonchev–Trinajstić information content (AvgIpc) is 1.37. The molecule has 0 aliphatic carbocycles. The van der Waals surface area contributed by atoms with Crippen LogP contribution in [0.15, 0.2) is 0 Å². The molecule has 0 heterocycles. The molecular formula is C2H7N2+. The second kappa shape index (κ2) is 2.47. The summed E-state index contributed by atoms with van der Waals surface area (Å²) in [5.41, 5.74) is 0. The van der Waals surface area contributed by atoms with E-state index in [1.165, 1.54) is 0 Å². The lowest BCUT2D eigenvalue weighted by atomic mass is 10.9. The quantitative estimate of drug-likeness (QED) is 0.190. The SMILES string of the molecule is CC=[NH+]N. The minimum absolute atomic E-state index is 1.65. The predicted molar refractivity (Wildman–Crippen MR) is 16.9 cm³/mol. The molecule has 24 valence electrons. The summed E-state index contributed by atoms with van der Waals surface area (Å²) < 4.78 is 0. The van der Waals surface area contributed by atoms with Crippen LogP contribution in [0.1, 0.15) is 6.92 Å². The fourth-order valence-electron chi connectivity index (χ4n) is 0. The van der Waals surface area contributed by atoms with Gasteiger partial charge in [-0.05, 0) is 0 Å². The molecule has 0 saturated carbocycles. The molecule has 0 aliphatic heterocycles. The lowest BCUT2D eigenvalue weighted by molar-refractivity contribution is -0.464. The molecule has 0 bridgehead atoms. The van der Waals surface area contributed by atoms with E-state index in [2.05, 4.69) is 5.10 Å². The molecule has 0 aromatic rings. The first-order valence-electron chi connectivity index (χ1n) is 1.15. The molecule has 0 spiro atoms. The largest absolute Gasteiger partial charge is 0.213 e. The summed E-state index contributed by atoms with van der Waals surface area (Å²) in [5, 5.41) is 2.31. The molecular weight excluding hydrogens is 52.0 g/mol. The fraction of sp³-hybridized carbons (Fsp3) is 0.500. The molecule has 2 heteroatoms. The summed E-state index contributed by atoms with van der Waals surface area (Å²) in [4.78, 5) is 0.